The molecular weight excluding hydrogens is 410 g/mol. The molecule has 0 atom stereocenters. The van der Waals surface area contributed by atoms with Crippen LogP contribution in [-0.2, 0) is 4.79 Å². The van der Waals surface area contributed by atoms with E-state index in [1.807, 2.05) is 54.6 Å². The van der Waals surface area contributed by atoms with Crippen molar-refractivity contribution in [2.24, 2.45) is 4.99 Å². The number of amides is 1. The number of hydrogen-bond acceptors (Lipinski definition) is 6. The van der Waals surface area contributed by atoms with Gasteiger partial charge in [-0.25, -0.2) is 4.99 Å². The SMILES string of the molecule is O=C1NC(=Nc2ccccc2)S/C1=C\c1ccccc1OCC#CC1(O)CCNCC1. The van der Waals surface area contributed by atoms with Gasteiger partial charge in [0, 0.05) is 5.56 Å². The number of nitrogens with zero attached hydrogens (tertiary/aromatic N) is 1. The summed E-state index contributed by atoms with van der Waals surface area (Å²) in [5, 5.41) is 17.0. The maximum atomic E-state index is 12.4. The second kappa shape index (κ2) is 9.84. The smallest absolute Gasteiger partial charge is 0.264 e. The van der Waals surface area contributed by atoms with Crippen LogP contribution in [0.1, 0.15) is 18.4 Å². The largest absolute Gasteiger partial charge is 0.480 e. The van der Waals surface area contributed by atoms with Crippen molar-refractivity contribution in [1.82, 2.24) is 10.6 Å². The molecule has 4 rings (SSSR count). The van der Waals surface area contributed by atoms with E-state index in [9.17, 15) is 9.90 Å². The highest BCUT2D eigenvalue weighted by Crippen LogP contribution is 2.30. The fourth-order valence-corrected chi connectivity index (χ4v) is 4.09. The van der Waals surface area contributed by atoms with Crippen LogP contribution in [0.15, 0.2) is 64.5 Å². The third-order valence-corrected chi connectivity index (χ3v) is 5.80. The molecule has 0 radical (unpaired) electrons. The second-order valence-electron chi connectivity index (χ2n) is 7.23. The molecule has 158 valence electrons. The van der Waals surface area contributed by atoms with Crippen molar-refractivity contribution in [3.05, 3.63) is 65.1 Å². The Morgan fingerprint density at radius 2 is 1.87 bits per heavy atom. The lowest BCUT2D eigenvalue weighted by Gasteiger charge is -2.27. The minimum absolute atomic E-state index is 0.163. The average molecular weight is 434 g/mol. The summed E-state index contributed by atoms with van der Waals surface area (Å²) in [5.41, 5.74) is 0.621. The van der Waals surface area contributed by atoms with Crippen molar-refractivity contribution in [2.45, 2.75) is 18.4 Å². The number of ether oxygens (including phenoxy) is 1. The van der Waals surface area contributed by atoms with E-state index in [0.29, 0.717) is 28.7 Å². The van der Waals surface area contributed by atoms with E-state index in [0.717, 1.165) is 24.3 Å². The normalized spacial score (nSPS) is 20.2. The zero-order valence-electron chi connectivity index (χ0n) is 16.9. The molecule has 0 saturated carbocycles. The minimum Gasteiger partial charge on any atom is -0.480 e. The summed E-state index contributed by atoms with van der Waals surface area (Å²) in [7, 11) is 0. The number of thioether (sulfide) groups is 1. The van der Waals surface area contributed by atoms with Crippen molar-refractivity contribution in [2.75, 3.05) is 19.7 Å². The van der Waals surface area contributed by atoms with Crippen molar-refractivity contribution in [3.63, 3.8) is 0 Å². The van der Waals surface area contributed by atoms with Crippen molar-refractivity contribution in [1.29, 1.82) is 0 Å². The molecule has 2 aliphatic rings. The Kier molecular flexibility index (Phi) is 6.73. The van der Waals surface area contributed by atoms with Crippen LogP contribution < -0.4 is 15.4 Å². The lowest BCUT2D eigenvalue weighted by Crippen LogP contribution is -2.40. The first kappa shape index (κ1) is 21.2. The molecule has 0 spiro atoms. The Bertz CT molecular complexity index is 1060. The van der Waals surface area contributed by atoms with Gasteiger partial charge in [-0.05, 0) is 62.0 Å². The van der Waals surface area contributed by atoms with Crippen LogP contribution in [0.4, 0.5) is 5.69 Å². The monoisotopic (exact) mass is 433 g/mol. The van der Waals surface area contributed by atoms with Crippen LogP contribution in [0.2, 0.25) is 0 Å². The molecule has 2 aliphatic heterocycles. The number of benzene rings is 2. The van der Waals surface area contributed by atoms with E-state index >= 15 is 0 Å². The average Bonchev–Trinajstić information content (AvgIpc) is 3.12. The van der Waals surface area contributed by atoms with Gasteiger partial charge >= 0.3 is 0 Å². The molecule has 0 aliphatic carbocycles. The summed E-state index contributed by atoms with van der Waals surface area (Å²) < 4.78 is 5.83. The van der Waals surface area contributed by atoms with Gasteiger partial charge in [-0.2, -0.15) is 0 Å². The first-order valence-corrected chi connectivity index (χ1v) is 10.9. The van der Waals surface area contributed by atoms with Crippen LogP contribution in [0, 0.1) is 11.8 Å². The Labute approximate surface area is 185 Å². The molecule has 31 heavy (non-hydrogen) atoms. The molecule has 2 heterocycles. The summed E-state index contributed by atoms with van der Waals surface area (Å²) in [6.45, 7) is 1.69. The van der Waals surface area contributed by atoms with Crippen LogP contribution in [0.3, 0.4) is 0 Å². The molecule has 2 aromatic rings. The maximum Gasteiger partial charge on any atom is 0.264 e. The van der Waals surface area contributed by atoms with Crippen molar-refractivity contribution >= 4 is 34.6 Å². The highest BCUT2D eigenvalue weighted by molar-refractivity contribution is 8.18. The van der Waals surface area contributed by atoms with Gasteiger partial charge in [-0.15, -0.1) is 0 Å². The number of carbonyl (C=O) groups excluding carboxylic acids is 1. The highest BCUT2D eigenvalue weighted by Gasteiger charge is 2.26. The number of hydrogen-bond donors (Lipinski definition) is 3. The van der Waals surface area contributed by atoms with E-state index in [1.54, 1.807) is 6.08 Å². The zero-order valence-corrected chi connectivity index (χ0v) is 17.7. The number of amidine groups is 1. The molecule has 2 fully saturated rings. The Hall–Kier alpha value is -3.05. The van der Waals surface area contributed by atoms with Gasteiger partial charge in [-0.1, -0.05) is 48.2 Å². The van der Waals surface area contributed by atoms with Gasteiger partial charge in [0.1, 0.15) is 18.0 Å². The Balaban J connectivity index is 1.44. The van der Waals surface area contributed by atoms with Gasteiger partial charge in [0.25, 0.3) is 5.91 Å². The van der Waals surface area contributed by atoms with E-state index in [4.69, 9.17) is 4.74 Å². The third-order valence-electron chi connectivity index (χ3n) is 4.89. The number of piperidine rings is 1. The highest BCUT2D eigenvalue weighted by atomic mass is 32.2. The lowest BCUT2D eigenvalue weighted by atomic mass is 9.93. The molecule has 6 nitrogen and oxygen atoms in total. The first-order chi connectivity index (χ1) is 15.1. The van der Waals surface area contributed by atoms with Crippen LogP contribution in [0.5, 0.6) is 5.75 Å². The van der Waals surface area contributed by atoms with E-state index in [-0.39, 0.29) is 12.5 Å². The molecule has 2 saturated heterocycles. The van der Waals surface area contributed by atoms with Crippen molar-refractivity contribution in [3.8, 4) is 17.6 Å². The lowest BCUT2D eigenvalue weighted by molar-refractivity contribution is -0.115. The van der Waals surface area contributed by atoms with Gasteiger partial charge < -0.3 is 20.5 Å². The molecule has 3 N–H and O–H groups in total. The topological polar surface area (TPSA) is 83.0 Å². The quantitative estimate of drug-likeness (QED) is 0.510. The number of carbonyl (C=O) groups is 1. The summed E-state index contributed by atoms with van der Waals surface area (Å²) in [5.74, 6) is 6.31. The van der Waals surface area contributed by atoms with Crippen LogP contribution >= 0.6 is 11.8 Å². The third kappa shape index (κ3) is 5.76. The van der Waals surface area contributed by atoms with Gasteiger partial charge in [-0.3, -0.25) is 4.79 Å². The van der Waals surface area contributed by atoms with Gasteiger partial charge in [0.05, 0.1) is 10.6 Å². The predicted octanol–water partition coefficient (Wildman–Crippen LogP) is 3.07. The summed E-state index contributed by atoms with van der Waals surface area (Å²) >= 11 is 1.29. The molecule has 0 bridgehead atoms. The molecular formula is C24H23N3O3S. The van der Waals surface area contributed by atoms with Crippen LogP contribution in [-0.4, -0.2) is 41.5 Å². The number of aliphatic hydroxyl groups is 1. The van der Waals surface area contributed by atoms with E-state index in [1.165, 1.54) is 11.8 Å². The van der Waals surface area contributed by atoms with Gasteiger partial charge in [0.15, 0.2) is 5.17 Å². The molecule has 2 aromatic carbocycles. The molecule has 1 amide bonds. The number of aliphatic imine (C=N–C) groups is 1. The van der Waals surface area contributed by atoms with Crippen LogP contribution in [0.25, 0.3) is 6.08 Å². The van der Waals surface area contributed by atoms with Crippen molar-refractivity contribution < 1.29 is 14.6 Å². The molecule has 0 aromatic heterocycles. The summed E-state index contributed by atoms with van der Waals surface area (Å²) in [6.07, 6.45) is 3.01. The standard InChI is InChI=1S/C24H23N3O3S/c28-22-21(31-23(27-22)26-19-8-2-1-3-9-19)17-18-7-4-5-10-20(18)30-16-6-11-24(29)12-14-25-15-13-24/h1-5,7-10,17,25,29H,12-16H2,(H,26,27,28)/b21-17-. The zero-order chi connectivity index (χ0) is 21.5. The maximum absolute atomic E-state index is 12.4. The van der Waals surface area contributed by atoms with Gasteiger partial charge in [0.2, 0.25) is 0 Å². The number of rotatable bonds is 4. The molecule has 7 heteroatoms. The van der Waals surface area contributed by atoms with E-state index in [2.05, 4.69) is 27.5 Å². The summed E-state index contributed by atoms with van der Waals surface area (Å²) in [4.78, 5) is 17.4. The second-order valence-corrected chi connectivity index (χ2v) is 8.26. The minimum atomic E-state index is -0.941. The van der Waals surface area contributed by atoms with E-state index < -0.39 is 5.60 Å². The fraction of sp³-hybridized carbons (Fsp3) is 0.250. The Morgan fingerprint density at radius 1 is 1.13 bits per heavy atom. The fourth-order valence-electron chi connectivity index (χ4n) is 3.25. The predicted molar refractivity (Wildman–Crippen MR) is 124 cm³/mol. The number of para-hydroxylation sites is 2. The first-order valence-electron chi connectivity index (χ1n) is 10.1. The molecule has 0 unspecified atom stereocenters. The summed E-state index contributed by atoms with van der Waals surface area (Å²) in [6, 6.07) is 17.0. The number of nitrogens with one attached hydrogen (secondary N) is 2. The Morgan fingerprint density at radius 3 is 2.68 bits per heavy atom.